The molecule has 5 nitrogen and oxygen atoms in total. The number of nitrogens with zero attached hydrogens (tertiary/aromatic N) is 4. The van der Waals surface area contributed by atoms with Crippen molar-refractivity contribution in [2.75, 3.05) is 6.54 Å². The van der Waals surface area contributed by atoms with Gasteiger partial charge in [0.05, 0.1) is 6.04 Å². The second-order valence-corrected chi connectivity index (χ2v) is 7.27. The van der Waals surface area contributed by atoms with Crippen molar-refractivity contribution < 1.29 is 4.79 Å². The van der Waals surface area contributed by atoms with E-state index in [1.165, 1.54) is 31.2 Å². The zero-order chi connectivity index (χ0) is 17.1. The lowest BCUT2D eigenvalue weighted by Gasteiger charge is -2.26. The van der Waals surface area contributed by atoms with Gasteiger partial charge in [0.25, 0.3) is 0 Å². The summed E-state index contributed by atoms with van der Waals surface area (Å²) in [6.07, 6.45) is 10.3. The van der Waals surface area contributed by atoms with E-state index in [2.05, 4.69) is 26.9 Å². The molecule has 0 N–H and O–H groups in total. The molecule has 2 aromatic rings. The summed E-state index contributed by atoms with van der Waals surface area (Å²) in [5.41, 5.74) is 1.22. The lowest BCUT2D eigenvalue weighted by Crippen LogP contribution is -2.32. The molecular formula is C20H26N4O. The second-order valence-electron chi connectivity index (χ2n) is 7.27. The number of hydrogen-bond donors (Lipinski definition) is 0. The van der Waals surface area contributed by atoms with E-state index in [-0.39, 0.29) is 11.9 Å². The maximum absolute atomic E-state index is 12.8. The number of carbonyl (C=O) groups excluding carboxylic acids is 1. The highest BCUT2D eigenvalue weighted by atomic mass is 16.2. The summed E-state index contributed by atoms with van der Waals surface area (Å²) in [6.45, 7) is 0.843. The first-order chi connectivity index (χ1) is 12.3. The molecule has 2 fully saturated rings. The van der Waals surface area contributed by atoms with Crippen molar-refractivity contribution in [1.82, 2.24) is 19.7 Å². The molecule has 1 unspecified atom stereocenters. The summed E-state index contributed by atoms with van der Waals surface area (Å²) < 4.78 is 2.25. The smallest absolute Gasteiger partial charge is 0.223 e. The minimum absolute atomic E-state index is 0.103. The lowest BCUT2D eigenvalue weighted by atomic mass is 10.1. The molecule has 1 aliphatic carbocycles. The van der Waals surface area contributed by atoms with Crippen LogP contribution in [0.4, 0.5) is 0 Å². The number of benzene rings is 1. The molecule has 2 aliphatic rings. The van der Waals surface area contributed by atoms with Gasteiger partial charge in [0, 0.05) is 19.0 Å². The Labute approximate surface area is 149 Å². The van der Waals surface area contributed by atoms with E-state index in [0.29, 0.717) is 12.5 Å². The van der Waals surface area contributed by atoms with Crippen molar-refractivity contribution >= 4 is 5.91 Å². The van der Waals surface area contributed by atoms with Crippen LogP contribution in [-0.4, -0.2) is 32.1 Å². The average molecular weight is 338 g/mol. The molecule has 0 radical (unpaired) electrons. The molecular weight excluding hydrogens is 312 g/mol. The van der Waals surface area contributed by atoms with Crippen molar-refractivity contribution in [3.8, 4) is 0 Å². The van der Waals surface area contributed by atoms with Gasteiger partial charge in [-0.15, -0.1) is 10.2 Å². The first kappa shape index (κ1) is 16.3. The van der Waals surface area contributed by atoms with Gasteiger partial charge in [-0.25, -0.2) is 0 Å². The molecule has 1 aromatic carbocycles. The highest BCUT2D eigenvalue weighted by molar-refractivity contribution is 5.77. The van der Waals surface area contributed by atoms with Crippen molar-refractivity contribution in [2.45, 2.75) is 63.5 Å². The van der Waals surface area contributed by atoms with Crippen LogP contribution in [0.2, 0.25) is 0 Å². The number of amides is 1. The van der Waals surface area contributed by atoms with E-state index < -0.39 is 0 Å². The number of likely N-dealkylation sites (tertiary alicyclic amines) is 1. The van der Waals surface area contributed by atoms with Crippen LogP contribution in [0.15, 0.2) is 36.7 Å². The van der Waals surface area contributed by atoms with Crippen molar-refractivity contribution in [2.24, 2.45) is 0 Å². The standard InChI is InChI=1S/C20H26N4O/c25-19(13-12-16-7-2-1-3-8-16)23-14-6-11-18(23)20-22-21-15-24(20)17-9-4-5-10-17/h1-3,7-8,15,17-18H,4-6,9-14H2. The predicted octanol–water partition coefficient (Wildman–Crippen LogP) is 3.69. The summed E-state index contributed by atoms with van der Waals surface area (Å²) in [6, 6.07) is 10.9. The molecule has 5 heteroatoms. The Morgan fingerprint density at radius 2 is 1.88 bits per heavy atom. The van der Waals surface area contributed by atoms with Crippen LogP contribution in [-0.2, 0) is 11.2 Å². The lowest BCUT2D eigenvalue weighted by molar-refractivity contribution is -0.132. The van der Waals surface area contributed by atoms with Crippen molar-refractivity contribution in [1.29, 1.82) is 0 Å². The fourth-order valence-electron chi connectivity index (χ4n) is 4.33. The summed E-state index contributed by atoms with van der Waals surface area (Å²) in [7, 11) is 0. The molecule has 132 valence electrons. The van der Waals surface area contributed by atoms with Crippen LogP contribution < -0.4 is 0 Å². The Bertz CT molecular complexity index is 705. The maximum atomic E-state index is 12.8. The first-order valence-electron chi connectivity index (χ1n) is 9.56. The third-order valence-corrected chi connectivity index (χ3v) is 5.66. The third-order valence-electron chi connectivity index (χ3n) is 5.66. The number of rotatable bonds is 5. The van der Waals surface area contributed by atoms with Gasteiger partial charge in [-0.1, -0.05) is 43.2 Å². The van der Waals surface area contributed by atoms with Gasteiger partial charge >= 0.3 is 0 Å². The average Bonchev–Trinajstić information content (AvgIpc) is 3.40. The van der Waals surface area contributed by atoms with E-state index >= 15 is 0 Å². The fourth-order valence-corrected chi connectivity index (χ4v) is 4.33. The van der Waals surface area contributed by atoms with Gasteiger partial charge in [0.2, 0.25) is 5.91 Å². The molecule has 25 heavy (non-hydrogen) atoms. The number of hydrogen-bond acceptors (Lipinski definition) is 3. The molecule has 1 atom stereocenters. The van der Waals surface area contributed by atoms with Crippen LogP contribution in [0.1, 0.15) is 68.4 Å². The van der Waals surface area contributed by atoms with E-state index in [0.717, 1.165) is 31.6 Å². The van der Waals surface area contributed by atoms with Gasteiger partial charge < -0.3 is 9.47 Å². The van der Waals surface area contributed by atoms with Crippen LogP contribution >= 0.6 is 0 Å². The molecule has 0 bridgehead atoms. The van der Waals surface area contributed by atoms with Gasteiger partial charge in [0.15, 0.2) is 5.82 Å². The molecule has 1 amide bonds. The van der Waals surface area contributed by atoms with Gasteiger partial charge in [-0.05, 0) is 37.7 Å². The summed E-state index contributed by atoms with van der Waals surface area (Å²) in [5.74, 6) is 1.24. The Morgan fingerprint density at radius 3 is 2.68 bits per heavy atom. The zero-order valence-corrected chi connectivity index (χ0v) is 14.7. The highest BCUT2D eigenvalue weighted by Gasteiger charge is 2.34. The summed E-state index contributed by atoms with van der Waals surface area (Å²) in [4.78, 5) is 14.9. The molecule has 2 heterocycles. The van der Waals surface area contributed by atoms with Crippen molar-refractivity contribution in [3.63, 3.8) is 0 Å². The van der Waals surface area contributed by atoms with Gasteiger partial charge in [0.1, 0.15) is 6.33 Å². The van der Waals surface area contributed by atoms with Crippen LogP contribution in [0.5, 0.6) is 0 Å². The molecule has 1 aromatic heterocycles. The summed E-state index contributed by atoms with van der Waals surface area (Å²) >= 11 is 0. The normalized spacial score (nSPS) is 21.1. The van der Waals surface area contributed by atoms with Crippen molar-refractivity contribution in [3.05, 3.63) is 48.0 Å². The molecule has 1 saturated carbocycles. The Kier molecular flexibility index (Phi) is 4.81. The van der Waals surface area contributed by atoms with E-state index in [4.69, 9.17) is 0 Å². The van der Waals surface area contributed by atoms with Crippen LogP contribution in [0.25, 0.3) is 0 Å². The van der Waals surface area contributed by atoms with Gasteiger partial charge in [-0.2, -0.15) is 0 Å². The van der Waals surface area contributed by atoms with E-state index in [1.807, 2.05) is 29.4 Å². The third kappa shape index (κ3) is 3.46. The number of carbonyl (C=O) groups is 1. The predicted molar refractivity (Wildman–Crippen MR) is 96.0 cm³/mol. The number of aromatic nitrogens is 3. The molecule has 1 saturated heterocycles. The largest absolute Gasteiger partial charge is 0.332 e. The number of aryl methyl sites for hydroxylation is 1. The SMILES string of the molecule is O=C(CCc1ccccc1)N1CCCC1c1nncn1C1CCCC1. The molecule has 0 spiro atoms. The minimum Gasteiger partial charge on any atom is -0.332 e. The molecule has 1 aliphatic heterocycles. The second kappa shape index (κ2) is 7.38. The van der Waals surface area contributed by atoms with Crippen LogP contribution in [0.3, 0.4) is 0 Å². The Balaban J connectivity index is 1.45. The molecule has 4 rings (SSSR count). The topological polar surface area (TPSA) is 51.0 Å². The Morgan fingerprint density at radius 1 is 1.08 bits per heavy atom. The van der Waals surface area contributed by atoms with Gasteiger partial charge in [-0.3, -0.25) is 4.79 Å². The maximum Gasteiger partial charge on any atom is 0.223 e. The van der Waals surface area contributed by atoms with E-state index in [9.17, 15) is 4.79 Å². The zero-order valence-electron chi connectivity index (χ0n) is 14.7. The minimum atomic E-state index is 0.103. The summed E-state index contributed by atoms with van der Waals surface area (Å²) in [5, 5.41) is 8.59. The Hall–Kier alpha value is -2.17. The van der Waals surface area contributed by atoms with Crippen LogP contribution in [0, 0.1) is 0 Å². The first-order valence-corrected chi connectivity index (χ1v) is 9.56. The fraction of sp³-hybridized carbons (Fsp3) is 0.550. The highest BCUT2D eigenvalue weighted by Crippen LogP contribution is 2.36. The van der Waals surface area contributed by atoms with E-state index in [1.54, 1.807) is 0 Å². The monoisotopic (exact) mass is 338 g/mol. The quantitative estimate of drug-likeness (QED) is 0.835.